The molecule has 0 saturated carbocycles. The molecule has 0 atom stereocenters. The fourth-order valence-corrected chi connectivity index (χ4v) is 5.95. The minimum Gasteiger partial charge on any atom is -0.484 e. The number of nitrogen functional groups attached to an aromatic ring is 1. The van der Waals surface area contributed by atoms with E-state index in [1.165, 1.54) is 10.6 Å². The molecule has 42 heavy (non-hydrogen) atoms. The number of thiazole rings is 1. The van der Waals surface area contributed by atoms with E-state index in [2.05, 4.69) is 20.3 Å². The SMILES string of the molecule is NCCNC(=O)COc1ccc(N2CCN(CCn3c(=O)sc4c3nc(N)n3nc(-c5ccco5)cc43)CC2)c(F)c1. The summed E-state index contributed by atoms with van der Waals surface area (Å²) in [6.45, 7) is 4.20. The van der Waals surface area contributed by atoms with Gasteiger partial charge < -0.3 is 30.8 Å². The van der Waals surface area contributed by atoms with Gasteiger partial charge in [-0.1, -0.05) is 11.3 Å². The number of amides is 1. The molecule has 0 unspecified atom stereocenters. The molecular weight excluding hydrogens is 565 g/mol. The third-order valence-electron chi connectivity index (χ3n) is 7.13. The summed E-state index contributed by atoms with van der Waals surface area (Å²) >= 11 is 1.11. The number of nitrogens with zero attached hydrogens (tertiary/aromatic N) is 6. The lowest BCUT2D eigenvalue weighted by Gasteiger charge is -2.36. The van der Waals surface area contributed by atoms with E-state index in [9.17, 15) is 14.0 Å². The molecule has 5 N–H and O–H groups in total. The largest absolute Gasteiger partial charge is 0.484 e. The molecular formula is C27H30FN9O4S. The highest BCUT2D eigenvalue weighted by Gasteiger charge is 2.22. The molecule has 0 aliphatic carbocycles. The predicted octanol–water partition coefficient (Wildman–Crippen LogP) is 1.36. The van der Waals surface area contributed by atoms with Gasteiger partial charge in [0.15, 0.2) is 18.0 Å². The van der Waals surface area contributed by atoms with Crippen LogP contribution in [-0.2, 0) is 11.3 Å². The first-order chi connectivity index (χ1) is 20.4. The Morgan fingerprint density at radius 3 is 2.74 bits per heavy atom. The van der Waals surface area contributed by atoms with Crippen LogP contribution in [0.3, 0.4) is 0 Å². The van der Waals surface area contributed by atoms with Crippen molar-refractivity contribution >= 4 is 44.7 Å². The Bertz CT molecular complexity index is 1770. The number of anilines is 2. The van der Waals surface area contributed by atoms with Crippen LogP contribution < -0.4 is 31.3 Å². The molecule has 15 heteroatoms. The summed E-state index contributed by atoms with van der Waals surface area (Å²) in [5.74, 6) is 0.344. The third-order valence-corrected chi connectivity index (χ3v) is 8.12. The number of rotatable bonds is 10. The van der Waals surface area contributed by atoms with Crippen molar-refractivity contribution in [3.8, 4) is 17.2 Å². The quantitative estimate of drug-likeness (QED) is 0.215. The van der Waals surface area contributed by atoms with Gasteiger partial charge in [-0.2, -0.15) is 14.6 Å². The number of piperazine rings is 1. The van der Waals surface area contributed by atoms with Gasteiger partial charge in [0.1, 0.15) is 22.0 Å². The van der Waals surface area contributed by atoms with Crippen molar-refractivity contribution in [3.63, 3.8) is 0 Å². The van der Waals surface area contributed by atoms with Crippen molar-refractivity contribution in [3.05, 3.63) is 58.1 Å². The second-order valence-electron chi connectivity index (χ2n) is 9.82. The molecule has 1 aromatic carbocycles. The number of ether oxygens (including phenoxy) is 1. The van der Waals surface area contributed by atoms with Crippen LogP contribution in [-0.4, -0.2) is 82.4 Å². The lowest BCUT2D eigenvalue weighted by atomic mass is 10.2. The van der Waals surface area contributed by atoms with E-state index in [4.69, 9.17) is 20.6 Å². The zero-order chi connectivity index (χ0) is 29.2. The summed E-state index contributed by atoms with van der Waals surface area (Å²) in [6, 6.07) is 10.0. The van der Waals surface area contributed by atoms with E-state index in [1.807, 2.05) is 17.0 Å². The second kappa shape index (κ2) is 11.8. The predicted molar refractivity (Wildman–Crippen MR) is 157 cm³/mol. The number of aromatic nitrogens is 4. The standard InChI is InChI=1S/C27H30FN9O4S/c28-18-14-17(41-16-23(38)31-6-5-29)3-4-20(18)35-10-7-34(8-11-35)9-12-36-25-24(42-27(36)39)21-15-19(22-2-1-13-40-22)33-37(21)26(30)32-25/h1-4,13-15H,5-12,16,29H2,(H2,30,32)(H,31,38). The molecule has 0 radical (unpaired) electrons. The summed E-state index contributed by atoms with van der Waals surface area (Å²) in [5.41, 5.74) is 13.9. The van der Waals surface area contributed by atoms with Gasteiger partial charge in [-0.15, -0.1) is 0 Å². The second-order valence-corrected chi connectivity index (χ2v) is 10.8. The van der Waals surface area contributed by atoms with Gasteiger partial charge in [-0.3, -0.25) is 19.1 Å². The van der Waals surface area contributed by atoms with Gasteiger partial charge in [0.2, 0.25) is 5.95 Å². The normalized spacial score (nSPS) is 14.2. The molecule has 1 amide bonds. The monoisotopic (exact) mass is 595 g/mol. The van der Waals surface area contributed by atoms with E-state index in [0.29, 0.717) is 85.4 Å². The Morgan fingerprint density at radius 1 is 1.17 bits per heavy atom. The minimum absolute atomic E-state index is 0.120. The highest BCUT2D eigenvalue weighted by atomic mass is 32.1. The van der Waals surface area contributed by atoms with Crippen LogP contribution in [0, 0.1) is 5.82 Å². The van der Waals surface area contributed by atoms with Crippen LogP contribution in [0.25, 0.3) is 27.3 Å². The van der Waals surface area contributed by atoms with Crippen LogP contribution in [0.1, 0.15) is 0 Å². The van der Waals surface area contributed by atoms with E-state index in [-0.39, 0.29) is 29.1 Å². The molecule has 220 valence electrons. The molecule has 13 nitrogen and oxygen atoms in total. The van der Waals surface area contributed by atoms with Crippen molar-refractivity contribution in [1.29, 1.82) is 0 Å². The van der Waals surface area contributed by atoms with E-state index in [1.54, 1.807) is 29.0 Å². The number of nitrogens with two attached hydrogens (primary N) is 2. The molecule has 0 spiro atoms. The van der Waals surface area contributed by atoms with Crippen LogP contribution in [0.4, 0.5) is 16.0 Å². The van der Waals surface area contributed by atoms with Gasteiger partial charge in [-0.05, 0) is 30.3 Å². The van der Waals surface area contributed by atoms with Crippen molar-refractivity contribution < 1.29 is 18.3 Å². The maximum atomic E-state index is 14.9. The van der Waals surface area contributed by atoms with Gasteiger partial charge in [0.05, 0.1) is 17.5 Å². The first kappa shape index (κ1) is 27.7. The number of benzene rings is 1. The van der Waals surface area contributed by atoms with E-state index >= 15 is 0 Å². The first-order valence-corrected chi connectivity index (χ1v) is 14.3. The highest BCUT2D eigenvalue weighted by Crippen LogP contribution is 2.29. The van der Waals surface area contributed by atoms with Crippen LogP contribution in [0.5, 0.6) is 5.75 Å². The van der Waals surface area contributed by atoms with Crippen molar-refractivity contribution in [1.82, 2.24) is 29.4 Å². The number of carbonyl (C=O) groups is 1. The number of carbonyl (C=O) groups excluding carboxylic acids is 1. The lowest BCUT2D eigenvalue weighted by Crippen LogP contribution is -2.47. The van der Waals surface area contributed by atoms with Crippen LogP contribution in [0.15, 0.2) is 51.9 Å². The lowest BCUT2D eigenvalue weighted by molar-refractivity contribution is -0.123. The molecule has 6 rings (SSSR count). The Morgan fingerprint density at radius 2 is 2.00 bits per heavy atom. The zero-order valence-corrected chi connectivity index (χ0v) is 23.5. The number of nitrogens with one attached hydrogen (secondary N) is 1. The Labute approximate surface area is 243 Å². The average molecular weight is 596 g/mol. The van der Waals surface area contributed by atoms with Crippen LogP contribution in [0.2, 0.25) is 0 Å². The molecule has 1 saturated heterocycles. The maximum Gasteiger partial charge on any atom is 0.309 e. The molecule has 1 aliphatic heterocycles. The van der Waals surface area contributed by atoms with Crippen molar-refractivity contribution in [2.45, 2.75) is 6.54 Å². The van der Waals surface area contributed by atoms with Crippen molar-refractivity contribution in [2.24, 2.45) is 5.73 Å². The summed E-state index contributed by atoms with van der Waals surface area (Å²) in [5, 5.41) is 7.10. The van der Waals surface area contributed by atoms with E-state index in [0.717, 1.165) is 11.3 Å². The van der Waals surface area contributed by atoms with Gasteiger partial charge in [0.25, 0.3) is 5.91 Å². The Hall–Kier alpha value is -4.47. The number of fused-ring (bicyclic) bond motifs is 3. The van der Waals surface area contributed by atoms with Gasteiger partial charge in [-0.25, -0.2) is 4.39 Å². The van der Waals surface area contributed by atoms with Crippen molar-refractivity contribution in [2.75, 3.05) is 63.1 Å². The number of halogens is 1. The zero-order valence-electron chi connectivity index (χ0n) is 22.7. The molecule has 0 bridgehead atoms. The highest BCUT2D eigenvalue weighted by molar-refractivity contribution is 7.17. The fraction of sp³-hybridized carbons (Fsp3) is 0.333. The molecule has 5 aromatic rings. The maximum absolute atomic E-state index is 14.9. The number of hydrogen-bond donors (Lipinski definition) is 3. The van der Waals surface area contributed by atoms with Gasteiger partial charge >= 0.3 is 4.87 Å². The Balaban J connectivity index is 1.08. The summed E-state index contributed by atoms with van der Waals surface area (Å²) in [7, 11) is 0. The smallest absolute Gasteiger partial charge is 0.309 e. The number of furan rings is 1. The van der Waals surface area contributed by atoms with E-state index < -0.39 is 5.82 Å². The molecule has 4 aromatic heterocycles. The molecule has 1 aliphatic rings. The average Bonchev–Trinajstić information content (AvgIpc) is 3.74. The number of hydrogen-bond acceptors (Lipinski definition) is 11. The fourth-order valence-electron chi connectivity index (χ4n) is 4.99. The summed E-state index contributed by atoms with van der Waals surface area (Å²) < 4.78 is 29.6. The third kappa shape index (κ3) is 5.53. The topological polar surface area (TPSA) is 162 Å². The molecule has 1 fully saturated rings. The van der Waals surface area contributed by atoms with Crippen LogP contribution >= 0.6 is 11.3 Å². The Kier molecular flexibility index (Phi) is 7.78. The summed E-state index contributed by atoms with van der Waals surface area (Å²) in [6.07, 6.45) is 1.57. The minimum atomic E-state index is -0.412. The van der Waals surface area contributed by atoms with Gasteiger partial charge in [0, 0.05) is 58.4 Å². The summed E-state index contributed by atoms with van der Waals surface area (Å²) in [4.78, 5) is 33.3. The molecule has 5 heterocycles. The first-order valence-electron chi connectivity index (χ1n) is 13.5.